The van der Waals surface area contributed by atoms with E-state index in [-0.39, 0.29) is 44.5 Å². The van der Waals surface area contributed by atoms with Crippen LogP contribution in [-0.2, 0) is 43.0 Å². The SMILES string of the molecule is CCCCOCC(=O)Nc1ccc2c(c1)C(COC(=O)ON1C(=O)CCC1=O)c1cc(NC(=O)COCCCOC)ccc1-2. The summed E-state index contributed by atoms with van der Waals surface area (Å²) in [6.07, 6.45) is 1.20. The van der Waals surface area contributed by atoms with Crippen molar-refractivity contribution in [3.05, 3.63) is 47.5 Å². The number of anilines is 2. The van der Waals surface area contributed by atoms with Gasteiger partial charge in [0.1, 0.15) is 19.8 Å². The lowest BCUT2D eigenvalue weighted by atomic mass is 9.97. The van der Waals surface area contributed by atoms with Gasteiger partial charge in [-0.1, -0.05) is 30.5 Å². The maximum absolute atomic E-state index is 12.5. The van der Waals surface area contributed by atoms with Gasteiger partial charge in [0.05, 0.1) is 0 Å². The highest BCUT2D eigenvalue weighted by Gasteiger charge is 2.35. The van der Waals surface area contributed by atoms with Crippen LogP contribution >= 0.6 is 0 Å². The predicted molar refractivity (Wildman–Crippen MR) is 158 cm³/mol. The van der Waals surface area contributed by atoms with Crippen molar-refractivity contribution in [2.75, 3.05) is 57.4 Å². The van der Waals surface area contributed by atoms with Crippen LogP contribution in [0.5, 0.6) is 0 Å². The highest BCUT2D eigenvalue weighted by Crippen LogP contribution is 2.47. The van der Waals surface area contributed by atoms with Crippen LogP contribution in [0.2, 0.25) is 0 Å². The number of fused-ring (bicyclic) bond motifs is 3. The molecule has 0 bridgehead atoms. The number of nitrogens with one attached hydrogen (secondary N) is 2. The number of hydroxylamine groups is 2. The second-order valence-corrected chi connectivity index (χ2v) is 10.3. The van der Waals surface area contributed by atoms with E-state index >= 15 is 0 Å². The van der Waals surface area contributed by atoms with Crippen molar-refractivity contribution in [1.82, 2.24) is 5.06 Å². The number of methoxy groups -OCH3 is 1. The number of ether oxygens (including phenoxy) is 4. The summed E-state index contributed by atoms with van der Waals surface area (Å²) >= 11 is 0. The minimum Gasteiger partial charge on any atom is -0.432 e. The lowest BCUT2D eigenvalue weighted by Crippen LogP contribution is -2.32. The van der Waals surface area contributed by atoms with Crippen molar-refractivity contribution < 1.29 is 47.8 Å². The number of hydrogen-bond acceptors (Lipinski definition) is 10. The number of hydrogen-bond donors (Lipinski definition) is 2. The summed E-state index contributed by atoms with van der Waals surface area (Å²) in [6, 6.07) is 10.8. The minimum atomic E-state index is -1.20. The van der Waals surface area contributed by atoms with Gasteiger partial charge < -0.3 is 29.6 Å². The standard InChI is InChI=1S/C31H37N3O10/c1-3-4-13-41-18-27(35)32-20-6-8-22-23-9-7-21(33-28(36)19-42-14-5-12-40-2)16-25(23)26(24(22)15-20)17-43-31(39)44-34-29(37)10-11-30(34)38/h6-9,15-16,26H,3-5,10-14,17-19H2,1-2H3,(H,32,35)(H,33,36). The van der Waals surface area contributed by atoms with E-state index in [0.717, 1.165) is 35.1 Å². The summed E-state index contributed by atoms with van der Waals surface area (Å²) in [5.74, 6) is -2.39. The summed E-state index contributed by atoms with van der Waals surface area (Å²) in [4.78, 5) is 66.0. The Morgan fingerprint density at radius 3 is 1.89 bits per heavy atom. The van der Waals surface area contributed by atoms with Gasteiger partial charge in [-0.15, -0.1) is 0 Å². The molecule has 236 valence electrons. The summed E-state index contributed by atoms with van der Waals surface area (Å²) in [5.41, 5.74) is 4.26. The number of nitrogens with zero attached hydrogens (tertiary/aromatic N) is 1. The number of benzene rings is 2. The lowest BCUT2D eigenvalue weighted by molar-refractivity contribution is -0.177. The van der Waals surface area contributed by atoms with Gasteiger partial charge in [-0.3, -0.25) is 24.0 Å². The third-order valence-electron chi connectivity index (χ3n) is 7.00. The number of unbranched alkanes of at least 4 members (excludes halogenated alkanes) is 1. The molecule has 0 aromatic heterocycles. The van der Waals surface area contributed by atoms with Gasteiger partial charge in [0.2, 0.25) is 11.8 Å². The first kappa shape index (κ1) is 32.6. The molecule has 4 rings (SSSR count). The van der Waals surface area contributed by atoms with E-state index in [1.165, 1.54) is 0 Å². The molecule has 1 unspecified atom stereocenters. The first-order valence-corrected chi connectivity index (χ1v) is 14.5. The Bertz CT molecular complexity index is 1360. The Balaban J connectivity index is 1.49. The van der Waals surface area contributed by atoms with E-state index in [0.29, 0.717) is 42.7 Å². The van der Waals surface area contributed by atoms with Crippen LogP contribution in [0.15, 0.2) is 36.4 Å². The fourth-order valence-electron chi connectivity index (χ4n) is 4.88. The van der Waals surface area contributed by atoms with Crippen molar-refractivity contribution in [3.8, 4) is 11.1 Å². The second-order valence-electron chi connectivity index (χ2n) is 10.3. The maximum Gasteiger partial charge on any atom is 0.533 e. The Kier molecular flexibility index (Phi) is 11.8. The average molecular weight is 612 g/mol. The van der Waals surface area contributed by atoms with E-state index in [4.69, 9.17) is 23.8 Å². The van der Waals surface area contributed by atoms with Crippen molar-refractivity contribution in [2.24, 2.45) is 0 Å². The Labute approximate surface area is 255 Å². The smallest absolute Gasteiger partial charge is 0.432 e. The van der Waals surface area contributed by atoms with Gasteiger partial charge in [0, 0.05) is 57.1 Å². The van der Waals surface area contributed by atoms with E-state index < -0.39 is 23.9 Å². The molecule has 13 nitrogen and oxygen atoms in total. The molecule has 0 saturated carbocycles. The summed E-state index contributed by atoms with van der Waals surface area (Å²) < 4.78 is 21.1. The Morgan fingerprint density at radius 2 is 1.36 bits per heavy atom. The molecule has 1 heterocycles. The zero-order valence-electron chi connectivity index (χ0n) is 24.8. The van der Waals surface area contributed by atoms with Crippen LogP contribution in [0.1, 0.15) is 56.1 Å². The molecular weight excluding hydrogens is 574 g/mol. The van der Waals surface area contributed by atoms with Crippen molar-refractivity contribution in [3.63, 3.8) is 0 Å². The minimum absolute atomic E-state index is 0.0413. The number of imide groups is 1. The fraction of sp³-hybridized carbons (Fsp3) is 0.452. The molecule has 2 aromatic rings. The molecule has 0 radical (unpaired) electrons. The number of rotatable bonds is 16. The van der Waals surface area contributed by atoms with Crippen LogP contribution in [0.3, 0.4) is 0 Å². The topological polar surface area (TPSA) is 159 Å². The quantitative estimate of drug-likeness (QED) is 0.163. The monoisotopic (exact) mass is 611 g/mol. The lowest BCUT2D eigenvalue weighted by Gasteiger charge is -2.17. The molecule has 13 heteroatoms. The number of carbonyl (C=O) groups excluding carboxylic acids is 5. The molecule has 2 N–H and O–H groups in total. The van der Waals surface area contributed by atoms with Crippen LogP contribution in [-0.4, -0.2) is 81.6 Å². The van der Waals surface area contributed by atoms with Gasteiger partial charge in [0.25, 0.3) is 11.8 Å². The molecular formula is C31H37N3O10. The molecule has 1 saturated heterocycles. The first-order chi connectivity index (χ1) is 21.3. The van der Waals surface area contributed by atoms with Gasteiger partial charge in [-0.05, 0) is 59.4 Å². The highest BCUT2D eigenvalue weighted by molar-refractivity contribution is 6.01. The van der Waals surface area contributed by atoms with E-state index in [9.17, 15) is 24.0 Å². The summed E-state index contributed by atoms with van der Waals surface area (Å²) in [5, 5.41) is 6.07. The zero-order chi connectivity index (χ0) is 31.5. The van der Waals surface area contributed by atoms with Crippen LogP contribution < -0.4 is 10.6 Å². The van der Waals surface area contributed by atoms with E-state index in [1.807, 2.05) is 19.1 Å². The van der Waals surface area contributed by atoms with E-state index in [1.54, 1.807) is 31.4 Å². The molecule has 1 fully saturated rings. The average Bonchev–Trinajstić information content (AvgIpc) is 3.48. The van der Waals surface area contributed by atoms with Crippen LogP contribution in [0.4, 0.5) is 16.2 Å². The van der Waals surface area contributed by atoms with E-state index in [2.05, 4.69) is 10.6 Å². The Hall–Kier alpha value is -4.33. The molecule has 1 aliphatic carbocycles. The number of amides is 4. The van der Waals surface area contributed by atoms with Crippen LogP contribution in [0.25, 0.3) is 11.1 Å². The fourth-order valence-corrected chi connectivity index (χ4v) is 4.88. The third-order valence-corrected chi connectivity index (χ3v) is 7.00. The third kappa shape index (κ3) is 8.62. The zero-order valence-corrected chi connectivity index (χ0v) is 24.8. The molecule has 2 aliphatic rings. The van der Waals surface area contributed by atoms with Gasteiger partial charge in [0.15, 0.2) is 0 Å². The van der Waals surface area contributed by atoms with Gasteiger partial charge >= 0.3 is 6.16 Å². The van der Waals surface area contributed by atoms with Crippen LogP contribution in [0, 0.1) is 0 Å². The highest BCUT2D eigenvalue weighted by atomic mass is 16.8. The molecule has 1 aliphatic heterocycles. The van der Waals surface area contributed by atoms with Crippen molar-refractivity contribution in [2.45, 2.75) is 44.9 Å². The molecule has 0 spiro atoms. The molecule has 1 atom stereocenters. The summed E-state index contributed by atoms with van der Waals surface area (Å²) in [6.45, 7) is 3.04. The normalized spacial score (nSPS) is 15.1. The van der Waals surface area contributed by atoms with Crippen molar-refractivity contribution in [1.29, 1.82) is 0 Å². The first-order valence-electron chi connectivity index (χ1n) is 14.5. The molecule has 44 heavy (non-hydrogen) atoms. The van der Waals surface area contributed by atoms with Gasteiger partial charge in [-0.25, -0.2) is 4.79 Å². The number of carbonyl (C=O) groups is 5. The Morgan fingerprint density at radius 1 is 0.818 bits per heavy atom. The predicted octanol–water partition coefficient (Wildman–Crippen LogP) is 3.76. The van der Waals surface area contributed by atoms with Gasteiger partial charge in [-0.2, -0.15) is 0 Å². The second kappa shape index (κ2) is 15.9. The molecule has 4 amide bonds. The largest absolute Gasteiger partial charge is 0.533 e. The molecule has 2 aromatic carbocycles. The van der Waals surface area contributed by atoms with Crippen molar-refractivity contribution >= 4 is 41.2 Å². The summed E-state index contributed by atoms with van der Waals surface area (Å²) in [7, 11) is 1.59. The maximum atomic E-state index is 12.5.